The summed E-state index contributed by atoms with van der Waals surface area (Å²) in [7, 11) is 1.51. The highest BCUT2D eigenvalue weighted by Crippen LogP contribution is 2.06. The number of carbonyl (C=O) groups excluding carboxylic acids is 1. The lowest BCUT2D eigenvalue weighted by Crippen LogP contribution is -2.13. The predicted molar refractivity (Wildman–Crippen MR) is 69.8 cm³/mol. The molecule has 2 aromatic heterocycles. The maximum atomic E-state index is 11.7. The summed E-state index contributed by atoms with van der Waals surface area (Å²) in [4.78, 5) is 23.7. The van der Waals surface area contributed by atoms with Crippen LogP contribution >= 0.6 is 0 Å². The summed E-state index contributed by atoms with van der Waals surface area (Å²) in [5.74, 6) is 0.466. The molecule has 0 aliphatic heterocycles. The summed E-state index contributed by atoms with van der Waals surface area (Å²) in [6.07, 6.45) is 5.86. The number of amides is 1. The Morgan fingerprint density at radius 2 is 2.05 bits per heavy atom. The zero-order valence-electron chi connectivity index (χ0n) is 10.5. The second-order valence-corrected chi connectivity index (χ2v) is 3.84. The summed E-state index contributed by atoms with van der Waals surface area (Å²) >= 11 is 0. The third-order valence-electron chi connectivity index (χ3n) is 2.44. The molecule has 1 amide bonds. The third-order valence-corrected chi connectivity index (χ3v) is 2.44. The smallest absolute Gasteiger partial charge is 0.316 e. The summed E-state index contributed by atoms with van der Waals surface area (Å²) in [6.45, 7) is 0. The van der Waals surface area contributed by atoms with Crippen LogP contribution in [-0.2, 0) is 11.2 Å². The van der Waals surface area contributed by atoms with Gasteiger partial charge in [0.25, 0.3) is 0 Å². The van der Waals surface area contributed by atoms with Gasteiger partial charge < -0.3 is 10.1 Å². The number of anilines is 1. The summed E-state index contributed by atoms with van der Waals surface area (Å²) in [5, 5.41) is 2.72. The van der Waals surface area contributed by atoms with Gasteiger partial charge in [0, 0.05) is 25.0 Å². The minimum Gasteiger partial charge on any atom is -0.467 e. The van der Waals surface area contributed by atoms with Gasteiger partial charge in [-0.1, -0.05) is 6.07 Å². The Morgan fingerprint density at radius 3 is 2.68 bits per heavy atom. The standard InChI is InChI=1S/C13H14N4O2/c1-19-13-15-8-10(9-16-13)5-6-12(18)17-11-4-2-3-7-14-11/h2-4,7-9H,5-6H2,1H3,(H,14,17,18). The van der Waals surface area contributed by atoms with Crippen LogP contribution in [0.3, 0.4) is 0 Å². The van der Waals surface area contributed by atoms with E-state index in [4.69, 9.17) is 4.74 Å². The molecule has 0 saturated heterocycles. The van der Waals surface area contributed by atoms with Crippen molar-refractivity contribution in [3.05, 3.63) is 42.4 Å². The van der Waals surface area contributed by atoms with E-state index < -0.39 is 0 Å². The Labute approximate surface area is 110 Å². The lowest BCUT2D eigenvalue weighted by atomic mass is 10.2. The number of rotatable bonds is 5. The molecule has 0 unspecified atom stereocenters. The number of nitrogens with zero attached hydrogens (tertiary/aromatic N) is 3. The number of methoxy groups -OCH3 is 1. The Bertz CT molecular complexity index is 528. The Balaban J connectivity index is 1.83. The molecule has 0 radical (unpaired) electrons. The molecule has 6 heteroatoms. The molecule has 2 rings (SSSR count). The maximum Gasteiger partial charge on any atom is 0.316 e. The molecular formula is C13H14N4O2. The van der Waals surface area contributed by atoms with Gasteiger partial charge in [-0.05, 0) is 24.1 Å². The number of carbonyl (C=O) groups is 1. The monoisotopic (exact) mass is 258 g/mol. The van der Waals surface area contributed by atoms with Crippen LogP contribution in [-0.4, -0.2) is 28.0 Å². The van der Waals surface area contributed by atoms with Crippen molar-refractivity contribution in [2.24, 2.45) is 0 Å². The SMILES string of the molecule is COc1ncc(CCC(=O)Nc2ccccn2)cn1. The third kappa shape index (κ3) is 4.02. The van der Waals surface area contributed by atoms with Gasteiger partial charge in [-0.2, -0.15) is 0 Å². The summed E-state index contributed by atoms with van der Waals surface area (Å²) < 4.78 is 4.86. The zero-order chi connectivity index (χ0) is 13.5. The van der Waals surface area contributed by atoms with Crippen LogP contribution < -0.4 is 10.1 Å². The van der Waals surface area contributed by atoms with Gasteiger partial charge in [-0.3, -0.25) is 4.79 Å². The fourth-order valence-corrected chi connectivity index (χ4v) is 1.48. The van der Waals surface area contributed by atoms with E-state index in [1.54, 1.807) is 30.7 Å². The average Bonchev–Trinajstić information content (AvgIpc) is 2.47. The van der Waals surface area contributed by atoms with Gasteiger partial charge in [-0.25, -0.2) is 15.0 Å². The molecule has 2 aromatic rings. The number of nitrogens with one attached hydrogen (secondary N) is 1. The molecule has 0 aliphatic rings. The van der Waals surface area contributed by atoms with Crippen LogP contribution in [0.25, 0.3) is 0 Å². The molecule has 0 saturated carbocycles. The average molecular weight is 258 g/mol. The molecular weight excluding hydrogens is 244 g/mol. The Morgan fingerprint density at radius 1 is 1.26 bits per heavy atom. The van der Waals surface area contributed by atoms with Crippen LogP contribution in [0.1, 0.15) is 12.0 Å². The fraction of sp³-hybridized carbons (Fsp3) is 0.231. The first-order valence-corrected chi connectivity index (χ1v) is 5.84. The molecule has 0 fully saturated rings. The van der Waals surface area contributed by atoms with E-state index in [-0.39, 0.29) is 5.91 Å². The predicted octanol–water partition coefficient (Wildman–Crippen LogP) is 1.45. The normalized spacial score (nSPS) is 9.95. The molecule has 6 nitrogen and oxygen atoms in total. The van der Waals surface area contributed by atoms with Crippen LogP contribution in [0, 0.1) is 0 Å². The van der Waals surface area contributed by atoms with Crippen LogP contribution in [0.4, 0.5) is 5.82 Å². The molecule has 0 spiro atoms. The molecule has 98 valence electrons. The van der Waals surface area contributed by atoms with Gasteiger partial charge in [-0.15, -0.1) is 0 Å². The molecule has 0 bridgehead atoms. The molecule has 0 aliphatic carbocycles. The second kappa shape index (κ2) is 6.44. The highest BCUT2D eigenvalue weighted by molar-refractivity contribution is 5.89. The quantitative estimate of drug-likeness (QED) is 0.878. The van der Waals surface area contributed by atoms with Gasteiger partial charge in [0.1, 0.15) is 5.82 Å². The van der Waals surface area contributed by atoms with Crippen LogP contribution in [0.2, 0.25) is 0 Å². The van der Waals surface area contributed by atoms with Crippen LogP contribution in [0.15, 0.2) is 36.8 Å². The molecule has 0 atom stereocenters. The number of hydrogen-bond donors (Lipinski definition) is 1. The first-order valence-electron chi connectivity index (χ1n) is 5.84. The topological polar surface area (TPSA) is 77.0 Å². The molecule has 0 aromatic carbocycles. The van der Waals surface area contributed by atoms with Crippen molar-refractivity contribution in [1.82, 2.24) is 15.0 Å². The molecule has 19 heavy (non-hydrogen) atoms. The van der Waals surface area contributed by atoms with Gasteiger partial charge in [0.15, 0.2) is 0 Å². The van der Waals surface area contributed by atoms with Crippen molar-refractivity contribution >= 4 is 11.7 Å². The minimum atomic E-state index is -0.0884. The lowest BCUT2D eigenvalue weighted by Gasteiger charge is -2.04. The van der Waals surface area contributed by atoms with Gasteiger partial charge in [0.05, 0.1) is 7.11 Å². The van der Waals surface area contributed by atoms with Crippen molar-refractivity contribution in [2.45, 2.75) is 12.8 Å². The maximum absolute atomic E-state index is 11.7. The van der Waals surface area contributed by atoms with Crippen molar-refractivity contribution in [2.75, 3.05) is 12.4 Å². The van der Waals surface area contributed by atoms with E-state index >= 15 is 0 Å². The number of ether oxygens (including phenoxy) is 1. The number of pyridine rings is 1. The van der Waals surface area contributed by atoms with E-state index in [0.29, 0.717) is 24.7 Å². The van der Waals surface area contributed by atoms with E-state index in [0.717, 1.165) is 5.56 Å². The number of hydrogen-bond acceptors (Lipinski definition) is 5. The highest BCUT2D eigenvalue weighted by Gasteiger charge is 2.04. The number of aromatic nitrogens is 3. The molecule has 1 N–H and O–H groups in total. The van der Waals surface area contributed by atoms with Crippen LogP contribution in [0.5, 0.6) is 6.01 Å². The van der Waals surface area contributed by atoms with E-state index in [9.17, 15) is 4.79 Å². The minimum absolute atomic E-state index is 0.0884. The molecule has 2 heterocycles. The zero-order valence-corrected chi connectivity index (χ0v) is 10.5. The van der Waals surface area contributed by atoms with Crippen molar-refractivity contribution in [3.8, 4) is 6.01 Å². The highest BCUT2D eigenvalue weighted by atomic mass is 16.5. The summed E-state index contributed by atoms with van der Waals surface area (Å²) in [5.41, 5.74) is 0.886. The van der Waals surface area contributed by atoms with E-state index in [1.165, 1.54) is 7.11 Å². The Kier molecular flexibility index (Phi) is 4.39. The van der Waals surface area contributed by atoms with Crippen molar-refractivity contribution < 1.29 is 9.53 Å². The summed E-state index contributed by atoms with van der Waals surface area (Å²) in [6, 6.07) is 5.68. The van der Waals surface area contributed by atoms with Crippen molar-refractivity contribution in [3.63, 3.8) is 0 Å². The van der Waals surface area contributed by atoms with Gasteiger partial charge in [0.2, 0.25) is 5.91 Å². The first kappa shape index (κ1) is 12.9. The van der Waals surface area contributed by atoms with E-state index in [2.05, 4.69) is 20.3 Å². The second-order valence-electron chi connectivity index (χ2n) is 3.84. The first-order chi connectivity index (χ1) is 9.28. The fourth-order valence-electron chi connectivity index (χ4n) is 1.48. The van der Waals surface area contributed by atoms with Crippen molar-refractivity contribution in [1.29, 1.82) is 0 Å². The van der Waals surface area contributed by atoms with E-state index in [1.807, 2.05) is 6.07 Å². The number of aryl methyl sites for hydroxylation is 1. The Hall–Kier alpha value is -2.50. The lowest BCUT2D eigenvalue weighted by molar-refractivity contribution is -0.116. The largest absolute Gasteiger partial charge is 0.467 e. The van der Waals surface area contributed by atoms with Gasteiger partial charge >= 0.3 is 6.01 Å².